The monoisotopic (exact) mass is 500 g/mol. The summed E-state index contributed by atoms with van der Waals surface area (Å²) >= 11 is 6.39. The summed E-state index contributed by atoms with van der Waals surface area (Å²) in [5.41, 5.74) is 7.31. The van der Waals surface area contributed by atoms with Gasteiger partial charge in [0.05, 0.1) is 17.6 Å². The Morgan fingerprint density at radius 2 is 1.94 bits per heavy atom. The second-order valence-corrected chi connectivity index (χ2v) is 9.59. The highest BCUT2D eigenvalue weighted by atomic mass is 35.5. The fraction of sp³-hybridized carbons (Fsp3) is 0.214. The summed E-state index contributed by atoms with van der Waals surface area (Å²) in [6, 6.07) is 15.2. The number of hydrogen-bond acceptors (Lipinski definition) is 6. The molecule has 0 bridgehead atoms. The minimum atomic E-state index is -1.09. The number of nitrogens with zero attached hydrogens (tertiary/aromatic N) is 1. The summed E-state index contributed by atoms with van der Waals surface area (Å²) in [7, 11) is -1.09. The zero-order valence-corrected chi connectivity index (χ0v) is 21.3. The van der Waals surface area contributed by atoms with E-state index in [9.17, 15) is 9.82 Å². The summed E-state index contributed by atoms with van der Waals surface area (Å²) in [6.45, 7) is 7.84. The number of oxime groups is 1. The lowest BCUT2D eigenvalue weighted by Gasteiger charge is -2.21. The Bertz CT molecular complexity index is 1580. The van der Waals surface area contributed by atoms with Crippen molar-refractivity contribution in [3.63, 3.8) is 0 Å². The van der Waals surface area contributed by atoms with E-state index in [1.165, 1.54) is 0 Å². The summed E-state index contributed by atoms with van der Waals surface area (Å²) < 4.78 is 11.2. The third kappa shape index (κ3) is 4.29. The van der Waals surface area contributed by atoms with E-state index in [2.05, 4.69) is 16.5 Å². The first-order valence-corrected chi connectivity index (χ1v) is 12.3. The fourth-order valence-electron chi connectivity index (χ4n) is 4.74. The van der Waals surface area contributed by atoms with Gasteiger partial charge in [0, 0.05) is 39.3 Å². The van der Waals surface area contributed by atoms with Gasteiger partial charge in [-0.2, -0.15) is 0 Å². The van der Waals surface area contributed by atoms with Crippen LogP contribution in [0.5, 0.6) is 0 Å². The van der Waals surface area contributed by atoms with Crippen molar-refractivity contribution in [2.75, 3.05) is 5.32 Å². The number of halogens is 1. The molecule has 0 saturated heterocycles. The summed E-state index contributed by atoms with van der Waals surface area (Å²) in [4.78, 5) is 13.1. The van der Waals surface area contributed by atoms with Crippen LogP contribution in [0.3, 0.4) is 0 Å². The van der Waals surface area contributed by atoms with Gasteiger partial charge in [-0.1, -0.05) is 36.7 Å². The predicted molar refractivity (Wildman–Crippen MR) is 147 cm³/mol. The maximum atomic E-state index is 13.1. The van der Waals surface area contributed by atoms with Crippen molar-refractivity contribution in [3.05, 3.63) is 91.8 Å². The molecule has 8 heteroatoms. The van der Waals surface area contributed by atoms with Crippen LogP contribution >= 0.6 is 11.6 Å². The second-order valence-electron chi connectivity index (χ2n) is 9.16. The highest BCUT2D eigenvalue weighted by Crippen LogP contribution is 2.35. The molecule has 0 aliphatic carbocycles. The largest absolute Gasteiger partial charge is 0.583 e. The van der Waals surface area contributed by atoms with Crippen molar-refractivity contribution < 1.29 is 14.2 Å². The van der Waals surface area contributed by atoms with E-state index in [0.717, 1.165) is 33.5 Å². The minimum absolute atomic E-state index is 0.0133. The molecular formula is C28H26BClN2O4. The Balaban J connectivity index is 1.59. The molecule has 0 fully saturated rings. The molecule has 1 aliphatic heterocycles. The average molecular weight is 501 g/mol. The number of rotatable bonds is 5. The number of benzene rings is 3. The lowest BCUT2D eigenvalue weighted by atomic mass is 9.75. The van der Waals surface area contributed by atoms with Crippen LogP contribution in [0.2, 0.25) is 5.02 Å². The van der Waals surface area contributed by atoms with E-state index >= 15 is 0 Å². The van der Waals surface area contributed by atoms with Crippen molar-refractivity contribution >= 4 is 47.1 Å². The molecule has 0 amide bonds. The van der Waals surface area contributed by atoms with Gasteiger partial charge in [0.25, 0.3) is 0 Å². The Morgan fingerprint density at radius 1 is 1.14 bits per heavy atom. The Morgan fingerprint density at radius 3 is 2.72 bits per heavy atom. The van der Waals surface area contributed by atoms with Gasteiger partial charge in [0.2, 0.25) is 0 Å². The molecule has 5 rings (SSSR count). The Labute approximate surface area is 214 Å². The second kappa shape index (κ2) is 9.49. The molecule has 6 nitrogen and oxygen atoms in total. The quantitative estimate of drug-likeness (QED) is 0.353. The van der Waals surface area contributed by atoms with Crippen LogP contribution in [0.25, 0.3) is 22.1 Å². The topological polar surface area (TPSA) is 84.1 Å². The highest BCUT2D eigenvalue weighted by molar-refractivity contribution is 6.62. The van der Waals surface area contributed by atoms with Crippen molar-refractivity contribution in [1.82, 2.24) is 0 Å². The highest BCUT2D eigenvalue weighted by Gasteiger charge is 2.25. The van der Waals surface area contributed by atoms with E-state index in [4.69, 9.17) is 20.8 Å². The maximum Gasteiger partial charge on any atom is 0.583 e. The summed E-state index contributed by atoms with van der Waals surface area (Å²) in [5.74, 6) is 0.707. The number of aryl methyl sites for hydroxylation is 2. The Kier molecular flexibility index (Phi) is 6.37. The molecule has 2 N–H and O–H groups in total. The molecule has 182 valence electrons. The Hall–Kier alpha value is -3.55. The normalized spacial score (nSPS) is 13.4. The molecule has 1 unspecified atom stereocenters. The molecule has 3 aromatic carbocycles. The van der Waals surface area contributed by atoms with Gasteiger partial charge in [-0.25, -0.2) is 0 Å². The van der Waals surface area contributed by atoms with E-state index < -0.39 is 7.12 Å². The van der Waals surface area contributed by atoms with Gasteiger partial charge in [-0.3, -0.25) is 4.79 Å². The SMILES string of the molecule is CCc1oc2c(C(C)Nc3ccc(Cl)cc3-c3ccc4c(c3)C=NOB4O)cc(C)cc2c(=O)c1C. The molecular weight excluding hydrogens is 475 g/mol. The van der Waals surface area contributed by atoms with Gasteiger partial charge in [0.1, 0.15) is 11.3 Å². The average Bonchev–Trinajstić information content (AvgIpc) is 2.87. The number of hydrogen-bond donors (Lipinski definition) is 2. The van der Waals surface area contributed by atoms with Crippen molar-refractivity contribution in [2.45, 2.75) is 40.2 Å². The zero-order valence-electron chi connectivity index (χ0n) is 20.6. The lowest BCUT2D eigenvalue weighted by Crippen LogP contribution is -2.37. The lowest BCUT2D eigenvalue weighted by molar-refractivity contribution is 0.286. The molecule has 1 atom stereocenters. The van der Waals surface area contributed by atoms with Crippen LogP contribution in [0.15, 0.2) is 62.9 Å². The first kappa shape index (κ1) is 24.2. The number of anilines is 1. The van der Waals surface area contributed by atoms with Gasteiger partial charge < -0.3 is 19.5 Å². The van der Waals surface area contributed by atoms with Crippen LogP contribution in [0.1, 0.15) is 47.9 Å². The van der Waals surface area contributed by atoms with Gasteiger partial charge in [-0.05, 0) is 67.8 Å². The molecule has 36 heavy (non-hydrogen) atoms. The molecule has 0 radical (unpaired) electrons. The molecule has 0 saturated carbocycles. The summed E-state index contributed by atoms with van der Waals surface area (Å²) in [6.07, 6.45) is 2.23. The van der Waals surface area contributed by atoms with Gasteiger partial charge in [-0.15, -0.1) is 5.16 Å². The molecule has 2 heterocycles. The van der Waals surface area contributed by atoms with Crippen LogP contribution < -0.4 is 16.2 Å². The van der Waals surface area contributed by atoms with Crippen LogP contribution in [0, 0.1) is 13.8 Å². The first-order chi connectivity index (χ1) is 17.3. The maximum absolute atomic E-state index is 13.1. The van der Waals surface area contributed by atoms with E-state index in [1.807, 2.05) is 70.2 Å². The van der Waals surface area contributed by atoms with Crippen LogP contribution in [-0.4, -0.2) is 18.4 Å². The van der Waals surface area contributed by atoms with E-state index in [0.29, 0.717) is 39.2 Å². The predicted octanol–water partition coefficient (Wildman–Crippen LogP) is 5.52. The standard InChI is InChI=1S/C28H26BClN2O4/c1-5-26-16(3)27(33)23-11-15(2)10-21(28(23)35-26)17(4)32-25-9-7-20(30)13-22(25)18-6-8-24-19(12-18)14-31-36-29(24)34/h6-14,17,32,34H,5H2,1-4H3. The number of fused-ring (bicyclic) bond motifs is 2. The molecule has 0 spiro atoms. The molecule has 1 aromatic heterocycles. The smallest absolute Gasteiger partial charge is 0.460 e. The fourth-order valence-corrected chi connectivity index (χ4v) is 4.92. The van der Waals surface area contributed by atoms with Crippen LogP contribution in [0.4, 0.5) is 5.69 Å². The van der Waals surface area contributed by atoms with Crippen molar-refractivity contribution in [3.8, 4) is 11.1 Å². The number of nitrogens with one attached hydrogen (secondary N) is 1. The minimum Gasteiger partial charge on any atom is -0.460 e. The third-order valence-corrected chi connectivity index (χ3v) is 6.88. The first-order valence-electron chi connectivity index (χ1n) is 11.9. The van der Waals surface area contributed by atoms with Crippen molar-refractivity contribution in [1.29, 1.82) is 0 Å². The van der Waals surface area contributed by atoms with E-state index in [1.54, 1.807) is 6.21 Å². The third-order valence-electron chi connectivity index (χ3n) is 6.65. The van der Waals surface area contributed by atoms with Crippen molar-refractivity contribution in [2.24, 2.45) is 5.16 Å². The van der Waals surface area contributed by atoms with Crippen LogP contribution in [-0.2, 0) is 11.2 Å². The van der Waals surface area contributed by atoms with Gasteiger partial charge >= 0.3 is 7.12 Å². The van der Waals surface area contributed by atoms with Gasteiger partial charge in [0.15, 0.2) is 5.43 Å². The molecule has 1 aliphatic rings. The van der Waals surface area contributed by atoms with E-state index in [-0.39, 0.29) is 11.5 Å². The summed E-state index contributed by atoms with van der Waals surface area (Å²) in [5, 5.41) is 18.6. The molecule has 4 aromatic rings. The zero-order chi connectivity index (χ0) is 25.6.